The summed E-state index contributed by atoms with van der Waals surface area (Å²) in [6, 6.07) is 1.21. The fourth-order valence-corrected chi connectivity index (χ4v) is 4.00. The van der Waals surface area contributed by atoms with E-state index in [-0.39, 0.29) is 9.77 Å². The van der Waals surface area contributed by atoms with E-state index < -0.39 is 16.0 Å². The van der Waals surface area contributed by atoms with Crippen LogP contribution in [0.15, 0.2) is 11.0 Å². The predicted octanol–water partition coefficient (Wildman–Crippen LogP) is 2.22. The quantitative estimate of drug-likeness (QED) is 0.755. The number of carbonyl (C=O) groups is 1. The molecule has 0 aromatic carbocycles. The third-order valence-electron chi connectivity index (χ3n) is 2.44. The predicted molar refractivity (Wildman–Crippen MR) is 70.7 cm³/mol. The van der Waals surface area contributed by atoms with Crippen molar-refractivity contribution in [2.45, 2.75) is 38.0 Å². The molecule has 0 saturated carbocycles. The Hall–Kier alpha value is -0.920. The largest absolute Gasteiger partial charge is 0.477 e. The Morgan fingerprint density at radius 1 is 1.44 bits per heavy atom. The molecule has 7 heteroatoms. The molecule has 2 N–H and O–H groups in total. The standard InChI is InChI=1S/C11H17NO4S2/c1-3-4-5-6-12-18(15,16)10-7-9(11(13)14)17-8(10)2/h7,12H,3-6H2,1-2H3,(H,13,14). The molecule has 1 aromatic heterocycles. The van der Waals surface area contributed by atoms with Gasteiger partial charge in [0.2, 0.25) is 10.0 Å². The lowest BCUT2D eigenvalue weighted by molar-refractivity contribution is 0.0702. The highest BCUT2D eigenvalue weighted by atomic mass is 32.2. The number of unbranched alkanes of at least 4 members (excludes halogenated alkanes) is 2. The van der Waals surface area contributed by atoms with Gasteiger partial charge >= 0.3 is 5.97 Å². The zero-order valence-electron chi connectivity index (χ0n) is 10.4. The molecule has 5 nitrogen and oxygen atoms in total. The summed E-state index contributed by atoms with van der Waals surface area (Å²) in [5, 5.41) is 8.83. The zero-order chi connectivity index (χ0) is 13.8. The third kappa shape index (κ3) is 3.79. The average molecular weight is 291 g/mol. The van der Waals surface area contributed by atoms with E-state index in [4.69, 9.17) is 5.11 Å². The topological polar surface area (TPSA) is 83.5 Å². The molecule has 1 heterocycles. The van der Waals surface area contributed by atoms with Gasteiger partial charge in [-0.3, -0.25) is 0 Å². The molecule has 0 aliphatic carbocycles. The molecule has 102 valence electrons. The number of aryl methyl sites for hydroxylation is 1. The summed E-state index contributed by atoms with van der Waals surface area (Å²) in [6.07, 6.45) is 2.76. The fraction of sp³-hybridized carbons (Fsp3) is 0.545. The van der Waals surface area contributed by atoms with Gasteiger partial charge in [0, 0.05) is 11.4 Å². The van der Waals surface area contributed by atoms with Crippen molar-refractivity contribution in [2.24, 2.45) is 0 Å². The Morgan fingerprint density at radius 3 is 2.61 bits per heavy atom. The lowest BCUT2D eigenvalue weighted by atomic mass is 10.3. The Bertz CT molecular complexity index is 519. The van der Waals surface area contributed by atoms with Gasteiger partial charge in [-0.15, -0.1) is 11.3 Å². The second-order valence-corrected chi connectivity index (χ2v) is 6.93. The van der Waals surface area contributed by atoms with Gasteiger partial charge in [0.05, 0.1) is 4.90 Å². The molecule has 0 atom stereocenters. The van der Waals surface area contributed by atoms with Crippen LogP contribution in [0.3, 0.4) is 0 Å². The molecule has 0 bridgehead atoms. The van der Waals surface area contributed by atoms with E-state index >= 15 is 0 Å². The number of thiophene rings is 1. The summed E-state index contributed by atoms with van der Waals surface area (Å²) in [4.78, 5) is 11.4. The Kier molecular flexibility index (Phi) is 5.30. The molecule has 0 unspecified atom stereocenters. The molecular formula is C11H17NO4S2. The number of carboxylic acids is 1. The minimum absolute atomic E-state index is 0.0430. The van der Waals surface area contributed by atoms with Gasteiger partial charge in [-0.05, 0) is 19.4 Å². The van der Waals surface area contributed by atoms with Gasteiger partial charge in [-0.1, -0.05) is 19.8 Å². The Balaban J connectivity index is 2.81. The maximum Gasteiger partial charge on any atom is 0.345 e. The van der Waals surface area contributed by atoms with Crippen molar-refractivity contribution in [3.05, 3.63) is 15.8 Å². The van der Waals surface area contributed by atoms with Crippen molar-refractivity contribution >= 4 is 27.3 Å². The van der Waals surface area contributed by atoms with Gasteiger partial charge in [0.15, 0.2) is 0 Å². The van der Waals surface area contributed by atoms with E-state index in [9.17, 15) is 13.2 Å². The molecule has 0 saturated heterocycles. The van der Waals surface area contributed by atoms with E-state index in [1.807, 2.05) is 6.92 Å². The smallest absolute Gasteiger partial charge is 0.345 e. The first-order chi connectivity index (χ1) is 8.38. The molecule has 1 aromatic rings. The van der Waals surface area contributed by atoms with Gasteiger partial charge < -0.3 is 5.11 Å². The summed E-state index contributed by atoms with van der Waals surface area (Å²) in [5.41, 5.74) is 0. The molecule has 0 fully saturated rings. The van der Waals surface area contributed by atoms with Crippen LogP contribution in [0.2, 0.25) is 0 Å². The van der Waals surface area contributed by atoms with Gasteiger partial charge in [-0.25, -0.2) is 17.9 Å². The summed E-state index contributed by atoms with van der Waals surface area (Å²) in [5.74, 6) is -1.10. The van der Waals surface area contributed by atoms with Crippen LogP contribution in [0.5, 0.6) is 0 Å². The normalized spacial score (nSPS) is 11.7. The zero-order valence-corrected chi connectivity index (χ0v) is 12.0. The minimum atomic E-state index is -3.59. The first kappa shape index (κ1) is 15.1. The van der Waals surface area contributed by atoms with Crippen molar-refractivity contribution in [1.29, 1.82) is 0 Å². The first-order valence-corrected chi connectivity index (χ1v) is 8.02. The first-order valence-electron chi connectivity index (χ1n) is 5.72. The summed E-state index contributed by atoms with van der Waals surface area (Å²) in [6.45, 7) is 4.03. The lowest BCUT2D eigenvalue weighted by Crippen LogP contribution is -2.24. The van der Waals surface area contributed by atoms with Crippen LogP contribution < -0.4 is 4.72 Å². The summed E-state index contributed by atoms with van der Waals surface area (Å²) < 4.78 is 26.4. The number of sulfonamides is 1. The molecular weight excluding hydrogens is 274 g/mol. The van der Waals surface area contributed by atoms with Gasteiger partial charge in [0.1, 0.15) is 4.88 Å². The molecule has 0 radical (unpaired) electrons. The van der Waals surface area contributed by atoms with Crippen LogP contribution in [0.4, 0.5) is 0 Å². The van der Waals surface area contributed by atoms with Crippen molar-refractivity contribution in [2.75, 3.05) is 6.54 Å². The van der Waals surface area contributed by atoms with E-state index in [1.54, 1.807) is 6.92 Å². The summed E-state index contributed by atoms with van der Waals surface area (Å²) in [7, 11) is -3.59. The van der Waals surface area contributed by atoms with Crippen molar-refractivity contribution < 1.29 is 18.3 Å². The van der Waals surface area contributed by atoms with Crippen molar-refractivity contribution in [3.63, 3.8) is 0 Å². The molecule has 18 heavy (non-hydrogen) atoms. The highest BCUT2D eigenvalue weighted by Gasteiger charge is 2.21. The highest BCUT2D eigenvalue weighted by Crippen LogP contribution is 2.25. The average Bonchev–Trinajstić information content (AvgIpc) is 2.68. The number of nitrogens with one attached hydrogen (secondary N) is 1. The van der Waals surface area contributed by atoms with E-state index in [0.717, 1.165) is 30.6 Å². The number of hydrogen-bond acceptors (Lipinski definition) is 4. The molecule has 1 rings (SSSR count). The number of aromatic carboxylic acids is 1. The molecule has 0 amide bonds. The third-order valence-corrected chi connectivity index (χ3v) is 5.20. The highest BCUT2D eigenvalue weighted by molar-refractivity contribution is 7.89. The van der Waals surface area contributed by atoms with Crippen LogP contribution >= 0.6 is 11.3 Å². The monoisotopic (exact) mass is 291 g/mol. The molecule has 0 aliphatic rings. The van der Waals surface area contributed by atoms with Crippen LogP contribution in [0.25, 0.3) is 0 Å². The summed E-state index contributed by atoms with van der Waals surface area (Å²) >= 11 is 0.974. The van der Waals surface area contributed by atoms with E-state index in [2.05, 4.69) is 4.72 Å². The minimum Gasteiger partial charge on any atom is -0.477 e. The fourth-order valence-electron chi connectivity index (χ4n) is 1.50. The van der Waals surface area contributed by atoms with Gasteiger partial charge in [-0.2, -0.15) is 0 Å². The lowest BCUT2D eigenvalue weighted by Gasteiger charge is -2.05. The molecule has 0 aliphatic heterocycles. The maximum atomic E-state index is 12.0. The van der Waals surface area contributed by atoms with Crippen molar-refractivity contribution in [1.82, 2.24) is 4.72 Å². The second kappa shape index (κ2) is 6.31. The molecule has 0 spiro atoms. The van der Waals surface area contributed by atoms with Crippen LogP contribution in [0, 0.1) is 6.92 Å². The Labute approximate surface area is 111 Å². The second-order valence-electron chi connectivity index (χ2n) is 3.94. The number of rotatable bonds is 7. The van der Waals surface area contributed by atoms with Crippen LogP contribution in [-0.4, -0.2) is 26.0 Å². The van der Waals surface area contributed by atoms with E-state index in [0.29, 0.717) is 11.4 Å². The number of hydrogen-bond donors (Lipinski definition) is 2. The maximum absolute atomic E-state index is 12.0. The van der Waals surface area contributed by atoms with E-state index in [1.165, 1.54) is 6.07 Å². The van der Waals surface area contributed by atoms with Crippen molar-refractivity contribution in [3.8, 4) is 0 Å². The number of carboxylic acid groups (broad SMARTS) is 1. The van der Waals surface area contributed by atoms with Crippen LogP contribution in [-0.2, 0) is 10.0 Å². The van der Waals surface area contributed by atoms with Gasteiger partial charge in [0.25, 0.3) is 0 Å². The Morgan fingerprint density at radius 2 is 2.11 bits per heavy atom. The van der Waals surface area contributed by atoms with Crippen LogP contribution in [0.1, 0.15) is 40.7 Å². The SMILES string of the molecule is CCCCCNS(=O)(=O)c1cc(C(=O)O)sc1C.